The number of aliphatic hydroxyl groups is 1. The molecular formula is C26H32N6O3. The Morgan fingerprint density at radius 3 is 2.66 bits per heavy atom. The van der Waals surface area contributed by atoms with Crippen molar-refractivity contribution in [1.82, 2.24) is 15.2 Å². The molecule has 1 aromatic rings. The second-order valence-corrected chi connectivity index (χ2v) is 10.1. The van der Waals surface area contributed by atoms with Gasteiger partial charge in [-0.3, -0.25) is 19.5 Å². The van der Waals surface area contributed by atoms with Gasteiger partial charge in [0.2, 0.25) is 0 Å². The predicted molar refractivity (Wildman–Crippen MR) is 135 cm³/mol. The molecule has 9 heteroatoms. The lowest BCUT2D eigenvalue weighted by Crippen LogP contribution is -2.53. The lowest BCUT2D eigenvalue weighted by atomic mass is 9.77. The highest BCUT2D eigenvalue weighted by Gasteiger charge is 2.39. The zero-order valence-corrected chi connectivity index (χ0v) is 20.3. The van der Waals surface area contributed by atoms with E-state index in [0.717, 1.165) is 55.3 Å². The lowest BCUT2D eigenvalue weighted by molar-refractivity contribution is -0.114. The van der Waals surface area contributed by atoms with Crippen molar-refractivity contribution in [3.05, 3.63) is 47.3 Å². The normalized spacial score (nSPS) is 28.5. The van der Waals surface area contributed by atoms with Crippen LogP contribution in [-0.2, 0) is 4.79 Å². The molecule has 9 nitrogen and oxygen atoms in total. The minimum absolute atomic E-state index is 0.0122. The molecule has 2 N–H and O–H groups in total. The highest BCUT2D eigenvalue weighted by molar-refractivity contribution is 6.16. The van der Waals surface area contributed by atoms with Gasteiger partial charge in [-0.1, -0.05) is 6.92 Å². The summed E-state index contributed by atoms with van der Waals surface area (Å²) in [6, 6.07) is 3.59. The standard InChI is InChI=1S/C26H32N6O3/c1-3-18-11-22-23(30-24(18)33)10-17(14-27-22)16-31-6-8-32(9-7-31)20-4-5-21(28-15-20)25(34)29-19-12-26(2,35)13-19/h4-5,10-11,14-15,19,22,35H,3,6-9,12-13,16H2,1-2H3,(H,29,34). The van der Waals surface area contributed by atoms with Crippen molar-refractivity contribution in [3.8, 4) is 0 Å². The number of amides is 2. The van der Waals surface area contributed by atoms with Crippen molar-refractivity contribution in [3.63, 3.8) is 0 Å². The van der Waals surface area contributed by atoms with Crippen LogP contribution in [0.3, 0.4) is 0 Å². The summed E-state index contributed by atoms with van der Waals surface area (Å²) in [5.41, 5.74) is 3.27. The molecule has 4 aliphatic rings. The average Bonchev–Trinajstić information content (AvgIpc) is 2.83. The second-order valence-electron chi connectivity index (χ2n) is 10.1. The molecule has 2 amide bonds. The molecule has 1 unspecified atom stereocenters. The molecule has 1 saturated heterocycles. The summed E-state index contributed by atoms with van der Waals surface area (Å²) in [6.45, 7) is 8.02. The number of hydrogen-bond donors (Lipinski definition) is 2. The number of carbonyl (C=O) groups excluding carboxylic acids is 2. The highest BCUT2D eigenvalue weighted by atomic mass is 16.3. The van der Waals surface area contributed by atoms with Crippen LogP contribution in [0.1, 0.15) is 43.6 Å². The molecule has 1 atom stereocenters. The fourth-order valence-electron chi connectivity index (χ4n) is 5.09. The van der Waals surface area contributed by atoms with Crippen molar-refractivity contribution in [2.24, 2.45) is 9.98 Å². The fraction of sp³-hybridized carbons (Fsp3) is 0.500. The number of rotatable bonds is 6. The molecule has 0 radical (unpaired) electrons. The molecule has 0 spiro atoms. The van der Waals surface area contributed by atoms with Crippen LogP contribution in [0.15, 0.2) is 51.6 Å². The Kier molecular flexibility index (Phi) is 6.37. The van der Waals surface area contributed by atoms with Gasteiger partial charge in [-0.2, -0.15) is 0 Å². The Balaban J connectivity index is 1.11. The maximum atomic E-state index is 12.4. The van der Waals surface area contributed by atoms with Gasteiger partial charge in [-0.05, 0) is 56.0 Å². The molecule has 5 rings (SSSR count). The predicted octanol–water partition coefficient (Wildman–Crippen LogP) is 1.54. The van der Waals surface area contributed by atoms with E-state index in [1.165, 1.54) is 0 Å². The van der Waals surface area contributed by atoms with Crippen molar-refractivity contribution in [2.45, 2.75) is 50.8 Å². The van der Waals surface area contributed by atoms with Crippen LogP contribution in [0.5, 0.6) is 0 Å². The van der Waals surface area contributed by atoms with Crippen molar-refractivity contribution < 1.29 is 14.7 Å². The first-order valence-electron chi connectivity index (χ1n) is 12.3. The van der Waals surface area contributed by atoms with Gasteiger partial charge in [0.25, 0.3) is 11.8 Å². The zero-order chi connectivity index (χ0) is 24.6. The third-order valence-corrected chi connectivity index (χ3v) is 7.11. The van der Waals surface area contributed by atoms with Gasteiger partial charge in [0, 0.05) is 50.6 Å². The summed E-state index contributed by atoms with van der Waals surface area (Å²) < 4.78 is 0. The van der Waals surface area contributed by atoms with Gasteiger partial charge in [-0.25, -0.2) is 9.98 Å². The average molecular weight is 477 g/mol. The smallest absolute Gasteiger partial charge is 0.272 e. The van der Waals surface area contributed by atoms with Gasteiger partial charge in [0.05, 0.1) is 23.2 Å². The monoisotopic (exact) mass is 476 g/mol. The Bertz CT molecular complexity index is 1120. The number of hydrogen-bond acceptors (Lipinski definition) is 7. The van der Waals surface area contributed by atoms with E-state index in [-0.39, 0.29) is 23.9 Å². The minimum atomic E-state index is -0.667. The molecule has 1 saturated carbocycles. The number of carbonyl (C=O) groups is 2. The number of dihydropyridines is 2. The quantitative estimate of drug-likeness (QED) is 0.645. The van der Waals surface area contributed by atoms with E-state index in [4.69, 9.17) is 0 Å². The third-order valence-electron chi connectivity index (χ3n) is 7.11. The van der Waals surface area contributed by atoms with Crippen LogP contribution >= 0.6 is 0 Å². The van der Waals surface area contributed by atoms with Crippen molar-refractivity contribution >= 4 is 29.4 Å². The minimum Gasteiger partial charge on any atom is -0.390 e. The van der Waals surface area contributed by atoms with Crippen LogP contribution in [0.4, 0.5) is 5.69 Å². The zero-order valence-electron chi connectivity index (χ0n) is 20.3. The molecule has 3 aliphatic heterocycles. The van der Waals surface area contributed by atoms with E-state index < -0.39 is 5.60 Å². The van der Waals surface area contributed by atoms with Gasteiger partial charge in [0.1, 0.15) is 11.7 Å². The van der Waals surface area contributed by atoms with E-state index in [2.05, 4.69) is 30.1 Å². The van der Waals surface area contributed by atoms with Crippen molar-refractivity contribution in [2.75, 3.05) is 37.6 Å². The molecule has 35 heavy (non-hydrogen) atoms. The van der Waals surface area contributed by atoms with E-state index in [0.29, 0.717) is 25.0 Å². The molecular weight excluding hydrogens is 444 g/mol. The van der Waals surface area contributed by atoms with Gasteiger partial charge < -0.3 is 15.3 Å². The number of pyridine rings is 1. The number of aromatic nitrogens is 1. The van der Waals surface area contributed by atoms with Crippen LogP contribution in [0.25, 0.3) is 0 Å². The Hall–Kier alpha value is -3.17. The van der Waals surface area contributed by atoms with E-state index in [9.17, 15) is 14.7 Å². The fourth-order valence-corrected chi connectivity index (χ4v) is 5.09. The molecule has 1 aromatic heterocycles. The van der Waals surface area contributed by atoms with E-state index in [1.807, 2.05) is 31.4 Å². The maximum absolute atomic E-state index is 12.4. The molecule has 0 bridgehead atoms. The van der Waals surface area contributed by atoms with Crippen LogP contribution in [0, 0.1) is 0 Å². The van der Waals surface area contributed by atoms with Gasteiger partial charge in [-0.15, -0.1) is 0 Å². The summed E-state index contributed by atoms with van der Waals surface area (Å²) in [7, 11) is 0. The molecule has 1 aliphatic carbocycles. The summed E-state index contributed by atoms with van der Waals surface area (Å²) >= 11 is 0. The van der Waals surface area contributed by atoms with E-state index in [1.54, 1.807) is 19.2 Å². The van der Waals surface area contributed by atoms with Crippen molar-refractivity contribution in [1.29, 1.82) is 0 Å². The second kappa shape index (κ2) is 9.47. The van der Waals surface area contributed by atoms with Crippen LogP contribution in [0.2, 0.25) is 0 Å². The SMILES string of the molecule is CCC1=CC2N=CC(CN3CCN(c4ccc(C(=O)NC5CC(C)(O)C5)nc4)CC3)=CC2=NC1=O. The number of piperazine rings is 1. The Labute approximate surface area is 205 Å². The van der Waals surface area contributed by atoms with E-state index >= 15 is 0 Å². The first-order chi connectivity index (χ1) is 16.8. The largest absolute Gasteiger partial charge is 0.390 e. The number of nitrogens with one attached hydrogen (secondary N) is 1. The molecule has 4 heterocycles. The molecule has 0 aromatic carbocycles. The van der Waals surface area contributed by atoms with Gasteiger partial charge >= 0.3 is 0 Å². The molecule has 184 valence electrons. The number of aliphatic imine (C=N–C) groups is 2. The summed E-state index contributed by atoms with van der Waals surface area (Å²) in [5, 5.41) is 12.8. The van der Waals surface area contributed by atoms with Crippen LogP contribution < -0.4 is 10.2 Å². The van der Waals surface area contributed by atoms with Gasteiger partial charge in [0.15, 0.2) is 0 Å². The summed E-state index contributed by atoms with van der Waals surface area (Å²) in [4.78, 5) is 42.4. The number of nitrogens with zero attached hydrogens (tertiary/aromatic N) is 5. The third kappa shape index (κ3) is 5.26. The summed E-state index contributed by atoms with van der Waals surface area (Å²) in [6.07, 6.45) is 9.43. The molecule has 2 fully saturated rings. The summed E-state index contributed by atoms with van der Waals surface area (Å²) in [5.74, 6) is -0.342. The lowest BCUT2D eigenvalue weighted by Gasteiger charge is -2.41. The first kappa shape index (κ1) is 23.6. The topological polar surface area (TPSA) is 110 Å². The Morgan fingerprint density at radius 1 is 1.23 bits per heavy atom. The highest BCUT2D eigenvalue weighted by Crippen LogP contribution is 2.31. The van der Waals surface area contributed by atoms with Crippen LogP contribution in [-0.4, -0.2) is 89.1 Å². The number of anilines is 1. The number of fused-ring (bicyclic) bond motifs is 1. The first-order valence-corrected chi connectivity index (χ1v) is 12.3. The maximum Gasteiger partial charge on any atom is 0.272 e. The Morgan fingerprint density at radius 2 is 2.00 bits per heavy atom.